The number of ether oxygens (including phenoxy) is 1. The number of nitrogens with zero attached hydrogens (tertiary/aromatic N) is 2. The van der Waals surface area contributed by atoms with Crippen molar-refractivity contribution in [2.24, 2.45) is 7.05 Å². The molecule has 0 unspecified atom stereocenters. The summed E-state index contributed by atoms with van der Waals surface area (Å²) in [6.07, 6.45) is 2.96. The molecule has 0 aliphatic heterocycles. The molecule has 0 saturated heterocycles. The first-order valence-electron chi connectivity index (χ1n) is 5.37. The molecule has 0 amide bonds. The van der Waals surface area contributed by atoms with Gasteiger partial charge >= 0.3 is 0 Å². The fraction of sp³-hybridized carbons (Fsp3) is 0.182. The Morgan fingerprint density at radius 2 is 2.16 bits per heavy atom. The van der Waals surface area contributed by atoms with Crippen LogP contribution in [-0.2, 0) is 17.1 Å². The van der Waals surface area contributed by atoms with Crippen LogP contribution in [0.25, 0.3) is 0 Å². The average molecular weight is 282 g/mol. The fourth-order valence-electron chi connectivity index (χ4n) is 1.59. The van der Waals surface area contributed by atoms with Crippen LogP contribution in [-0.4, -0.2) is 25.3 Å². The second kappa shape index (κ2) is 4.81. The van der Waals surface area contributed by atoms with E-state index in [2.05, 4.69) is 9.82 Å². The number of hydrogen-bond acceptors (Lipinski definition) is 5. The van der Waals surface area contributed by atoms with Crippen molar-refractivity contribution in [3.8, 4) is 5.75 Å². The van der Waals surface area contributed by atoms with Gasteiger partial charge in [0.15, 0.2) is 0 Å². The van der Waals surface area contributed by atoms with Crippen LogP contribution < -0.4 is 15.2 Å². The van der Waals surface area contributed by atoms with Crippen molar-refractivity contribution in [3.05, 3.63) is 30.6 Å². The first-order chi connectivity index (χ1) is 8.92. The molecular weight excluding hydrogens is 268 g/mol. The number of benzene rings is 1. The van der Waals surface area contributed by atoms with Gasteiger partial charge in [-0.1, -0.05) is 0 Å². The van der Waals surface area contributed by atoms with Crippen molar-refractivity contribution in [2.45, 2.75) is 4.90 Å². The molecule has 7 nitrogen and oxygen atoms in total. The molecule has 1 heterocycles. The Bertz CT molecular complexity index is 694. The molecule has 0 fully saturated rings. The maximum absolute atomic E-state index is 12.3. The Morgan fingerprint density at radius 3 is 2.74 bits per heavy atom. The second-order valence-electron chi connectivity index (χ2n) is 3.92. The maximum atomic E-state index is 12.3. The van der Waals surface area contributed by atoms with Gasteiger partial charge in [-0.2, -0.15) is 5.10 Å². The van der Waals surface area contributed by atoms with Crippen LogP contribution in [0.2, 0.25) is 0 Å². The first-order valence-corrected chi connectivity index (χ1v) is 6.85. The molecule has 2 rings (SSSR count). The topological polar surface area (TPSA) is 99.2 Å². The minimum Gasteiger partial charge on any atom is -0.495 e. The van der Waals surface area contributed by atoms with Crippen molar-refractivity contribution in [1.29, 1.82) is 0 Å². The van der Waals surface area contributed by atoms with Crippen molar-refractivity contribution in [2.75, 3.05) is 17.6 Å². The predicted octanol–water partition coefficient (Wildman–Crippen LogP) is 0.812. The molecule has 0 saturated carbocycles. The summed E-state index contributed by atoms with van der Waals surface area (Å²) in [5.41, 5.74) is 6.32. The van der Waals surface area contributed by atoms with Crippen LogP contribution in [0.1, 0.15) is 0 Å². The summed E-state index contributed by atoms with van der Waals surface area (Å²) in [4.78, 5) is -0.0150. The summed E-state index contributed by atoms with van der Waals surface area (Å²) in [7, 11) is -0.683. The average Bonchev–Trinajstić information content (AvgIpc) is 2.74. The molecule has 0 spiro atoms. The van der Waals surface area contributed by atoms with E-state index in [9.17, 15) is 8.42 Å². The third-order valence-electron chi connectivity index (χ3n) is 2.43. The zero-order valence-electron chi connectivity index (χ0n) is 10.5. The van der Waals surface area contributed by atoms with E-state index in [1.165, 1.54) is 30.1 Å². The molecule has 0 atom stereocenters. The van der Waals surface area contributed by atoms with Gasteiger partial charge in [0, 0.05) is 18.9 Å². The third-order valence-corrected chi connectivity index (χ3v) is 3.84. The van der Waals surface area contributed by atoms with Gasteiger partial charge in [0.1, 0.15) is 10.6 Å². The highest BCUT2D eigenvalue weighted by Crippen LogP contribution is 2.27. The molecule has 19 heavy (non-hydrogen) atoms. The number of rotatable bonds is 4. The molecule has 2 aromatic rings. The number of hydrogen-bond donors (Lipinski definition) is 2. The lowest BCUT2D eigenvalue weighted by atomic mass is 10.3. The van der Waals surface area contributed by atoms with E-state index < -0.39 is 10.0 Å². The standard InChI is InChI=1S/C11H14N4O3S/c1-15-7-9(6-13-15)14-19(16,17)11-5-8(12)3-4-10(11)18-2/h3-7,14H,12H2,1-2H3. The predicted molar refractivity (Wildman–Crippen MR) is 71.4 cm³/mol. The van der Waals surface area contributed by atoms with Gasteiger partial charge < -0.3 is 10.5 Å². The lowest BCUT2D eigenvalue weighted by Gasteiger charge is -2.10. The minimum absolute atomic E-state index is 0.0150. The van der Waals surface area contributed by atoms with E-state index >= 15 is 0 Å². The molecule has 3 N–H and O–H groups in total. The van der Waals surface area contributed by atoms with Gasteiger partial charge in [-0.15, -0.1) is 0 Å². The van der Waals surface area contributed by atoms with Gasteiger partial charge in [0.25, 0.3) is 10.0 Å². The molecule has 1 aromatic heterocycles. The van der Waals surface area contributed by atoms with Crippen LogP contribution in [0, 0.1) is 0 Å². The summed E-state index contributed by atoms with van der Waals surface area (Å²) in [6, 6.07) is 4.42. The van der Waals surface area contributed by atoms with Crippen molar-refractivity contribution < 1.29 is 13.2 Å². The Labute approximate surface area is 111 Å². The first kappa shape index (κ1) is 13.2. The summed E-state index contributed by atoms with van der Waals surface area (Å²) < 4.78 is 33.5. The lowest BCUT2D eigenvalue weighted by molar-refractivity contribution is 0.403. The molecule has 0 bridgehead atoms. The molecule has 0 aliphatic carbocycles. The molecular formula is C11H14N4O3S. The normalized spacial score (nSPS) is 11.3. The Balaban J connectivity index is 2.41. The zero-order chi connectivity index (χ0) is 14.0. The van der Waals surface area contributed by atoms with Crippen molar-refractivity contribution >= 4 is 21.4 Å². The summed E-state index contributed by atoms with van der Waals surface area (Å²) in [5.74, 6) is 0.227. The molecule has 0 aliphatic rings. The van der Waals surface area contributed by atoms with Gasteiger partial charge in [0.05, 0.1) is 19.0 Å². The number of aryl methyl sites for hydroxylation is 1. The highest BCUT2D eigenvalue weighted by atomic mass is 32.2. The quantitative estimate of drug-likeness (QED) is 0.808. The van der Waals surface area contributed by atoms with E-state index in [0.717, 1.165) is 0 Å². The largest absolute Gasteiger partial charge is 0.495 e. The molecule has 1 aromatic carbocycles. The molecule has 102 valence electrons. The smallest absolute Gasteiger partial charge is 0.265 e. The Hall–Kier alpha value is -2.22. The summed E-state index contributed by atoms with van der Waals surface area (Å²) >= 11 is 0. The van der Waals surface area contributed by atoms with Crippen LogP contribution in [0.3, 0.4) is 0 Å². The van der Waals surface area contributed by atoms with Gasteiger partial charge in [-0.3, -0.25) is 9.40 Å². The zero-order valence-corrected chi connectivity index (χ0v) is 11.3. The van der Waals surface area contributed by atoms with E-state index in [0.29, 0.717) is 11.4 Å². The van der Waals surface area contributed by atoms with Crippen LogP contribution in [0.5, 0.6) is 5.75 Å². The number of aromatic nitrogens is 2. The Morgan fingerprint density at radius 1 is 1.42 bits per heavy atom. The van der Waals surface area contributed by atoms with E-state index in [1.54, 1.807) is 19.3 Å². The van der Waals surface area contributed by atoms with E-state index in [-0.39, 0.29) is 10.6 Å². The monoisotopic (exact) mass is 282 g/mol. The van der Waals surface area contributed by atoms with E-state index in [4.69, 9.17) is 10.5 Å². The van der Waals surface area contributed by atoms with Crippen molar-refractivity contribution in [1.82, 2.24) is 9.78 Å². The minimum atomic E-state index is -3.77. The molecule has 0 radical (unpaired) electrons. The number of nitrogens with one attached hydrogen (secondary N) is 1. The third kappa shape index (κ3) is 2.79. The number of sulfonamides is 1. The Kier molecular flexibility index (Phi) is 3.34. The number of anilines is 2. The van der Waals surface area contributed by atoms with Crippen molar-refractivity contribution in [3.63, 3.8) is 0 Å². The van der Waals surface area contributed by atoms with Gasteiger partial charge in [-0.25, -0.2) is 8.42 Å². The van der Waals surface area contributed by atoms with E-state index in [1.807, 2.05) is 0 Å². The SMILES string of the molecule is COc1ccc(N)cc1S(=O)(=O)Nc1cnn(C)c1. The van der Waals surface area contributed by atoms with Crippen LogP contribution in [0.15, 0.2) is 35.5 Å². The van der Waals surface area contributed by atoms with Gasteiger partial charge in [-0.05, 0) is 18.2 Å². The summed E-state index contributed by atoms with van der Waals surface area (Å²) in [6.45, 7) is 0. The lowest BCUT2D eigenvalue weighted by Crippen LogP contribution is -2.14. The fourth-order valence-corrected chi connectivity index (χ4v) is 2.82. The number of methoxy groups -OCH3 is 1. The highest BCUT2D eigenvalue weighted by molar-refractivity contribution is 7.92. The number of nitrogen functional groups attached to an aromatic ring is 1. The van der Waals surface area contributed by atoms with Gasteiger partial charge in [0.2, 0.25) is 0 Å². The van der Waals surface area contributed by atoms with Crippen LogP contribution in [0.4, 0.5) is 11.4 Å². The van der Waals surface area contributed by atoms with Crippen LogP contribution >= 0.6 is 0 Å². The maximum Gasteiger partial charge on any atom is 0.265 e. The number of nitrogens with two attached hydrogens (primary N) is 1. The second-order valence-corrected chi connectivity index (χ2v) is 5.57. The summed E-state index contributed by atoms with van der Waals surface area (Å²) in [5, 5.41) is 3.89. The highest BCUT2D eigenvalue weighted by Gasteiger charge is 2.20. The molecule has 8 heteroatoms.